The number of halogens is 1. The average molecular weight is 262 g/mol. The van der Waals surface area contributed by atoms with Crippen LogP contribution in [0.5, 0.6) is 0 Å². The van der Waals surface area contributed by atoms with Crippen LogP contribution >= 0.6 is 11.8 Å². The first kappa shape index (κ1) is 13.5. The second kappa shape index (κ2) is 6.25. The van der Waals surface area contributed by atoms with Gasteiger partial charge < -0.3 is 0 Å². The zero-order chi connectivity index (χ0) is 12.0. The first-order valence-electron chi connectivity index (χ1n) is 5.13. The van der Waals surface area contributed by atoms with Gasteiger partial charge in [0.1, 0.15) is 10.7 Å². The predicted molar refractivity (Wildman–Crippen MR) is 66.1 cm³/mol. The molecule has 0 aliphatic heterocycles. The van der Waals surface area contributed by atoms with Gasteiger partial charge in [-0.05, 0) is 30.1 Å². The van der Waals surface area contributed by atoms with E-state index in [1.165, 1.54) is 24.3 Å². The molecule has 0 aromatic heterocycles. The SMILES string of the molecule is CCSCCCS(=O)(=O)c1ccccc1F. The minimum Gasteiger partial charge on any atom is -0.224 e. The quantitative estimate of drug-likeness (QED) is 0.739. The molecule has 0 unspecified atom stereocenters. The summed E-state index contributed by atoms with van der Waals surface area (Å²) in [6.07, 6.45) is 0.565. The summed E-state index contributed by atoms with van der Waals surface area (Å²) in [5, 5.41) is 0. The van der Waals surface area contributed by atoms with E-state index in [1.807, 2.05) is 6.92 Å². The van der Waals surface area contributed by atoms with Crippen molar-refractivity contribution in [2.45, 2.75) is 18.2 Å². The number of hydrogen-bond donors (Lipinski definition) is 0. The summed E-state index contributed by atoms with van der Waals surface area (Å²) in [6.45, 7) is 2.02. The van der Waals surface area contributed by atoms with Crippen LogP contribution < -0.4 is 0 Å². The van der Waals surface area contributed by atoms with Gasteiger partial charge in [0.2, 0.25) is 0 Å². The van der Waals surface area contributed by atoms with E-state index in [-0.39, 0.29) is 10.6 Å². The highest BCUT2D eigenvalue weighted by atomic mass is 32.2. The highest BCUT2D eigenvalue weighted by Crippen LogP contribution is 2.16. The molecule has 0 atom stereocenters. The molecule has 1 rings (SSSR count). The van der Waals surface area contributed by atoms with Gasteiger partial charge in [0.15, 0.2) is 9.84 Å². The normalized spacial score (nSPS) is 11.6. The lowest BCUT2D eigenvalue weighted by molar-refractivity contribution is 0.566. The number of sulfone groups is 1. The van der Waals surface area contributed by atoms with Gasteiger partial charge in [-0.2, -0.15) is 11.8 Å². The van der Waals surface area contributed by atoms with Gasteiger partial charge in [-0.3, -0.25) is 0 Å². The Balaban J connectivity index is 2.68. The van der Waals surface area contributed by atoms with E-state index in [1.54, 1.807) is 11.8 Å². The zero-order valence-electron chi connectivity index (χ0n) is 9.15. The van der Waals surface area contributed by atoms with Gasteiger partial charge in [0, 0.05) is 0 Å². The molecule has 2 nitrogen and oxygen atoms in total. The Morgan fingerprint density at radius 3 is 2.62 bits per heavy atom. The molecule has 0 heterocycles. The van der Waals surface area contributed by atoms with E-state index in [2.05, 4.69) is 0 Å². The van der Waals surface area contributed by atoms with Crippen molar-refractivity contribution in [2.24, 2.45) is 0 Å². The Kier molecular flexibility index (Phi) is 5.28. The largest absolute Gasteiger partial charge is 0.224 e. The summed E-state index contributed by atoms with van der Waals surface area (Å²) >= 11 is 1.69. The summed E-state index contributed by atoms with van der Waals surface area (Å²) in [4.78, 5) is -0.184. The highest BCUT2D eigenvalue weighted by Gasteiger charge is 2.17. The fourth-order valence-electron chi connectivity index (χ4n) is 1.30. The van der Waals surface area contributed by atoms with Crippen LogP contribution in [0.3, 0.4) is 0 Å². The molecule has 0 spiro atoms. The standard InChI is InChI=1S/C11H15FO2S2/c1-2-15-8-5-9-16(13,14)11-7-4-3-6-10(11)12/h3-4,6-7H,2,5,8-9H2,1H3. The van der Waals surface area contributed by atoms with Crippen LogP contribution in [0.1, 0.15) is 13.3 Å². The van der Waals surface area contributed by atoms with Gasteiger partial charge >= 0.3 is 0 Å². The molecule has 0 bridgehead atoms. The molecule has 16 heavy (non-hydrogen) atoms. The number of rotatable bonds is 6. The molecule has 0 aliphatic carbocycles. The fraction of sp³-hybridized carbons (Fsp3) is 0.455. The lowest BCUT2D eigenvalue weighted by atomic mass is 10.3. The predicted octanol–water partition coefficient (Wildman–Crippen LogP) is 2.74. The Bertz CT molecular complexity index is 429. The maximum Gasteiger partial charge on any atom is 0.181 e. The lowest BCUT2D eigenvalue weighted by Crippen LogP contribution is -2.09. The Morgan fingerprint density at radius 2 is 2.00 bits per heavy atom. The maximum absolute atomic E-state index is 13.3. The molecule has 0 saturated carbocycles. The number of thioether (sulfide) groups is 1. The molecule has 0 saturated heterocycles. The summed E-state index contributed by atoms with van der Waals surface area (Å²) < 4.78 is 36.8. The molecule has 1 aromatic rings. The van der Waals surface area contributed by atoms with Crippen LogP contribution in [0.4, 0.5) is 4.39 Å². The highest BCUT2D eigenvalue weighted by molar-refractivity contribution is 7.99. The van der Waals surface area contributed by atoms with E-state index < -0.39 is 15.7 Å². The monoisotopic (exact) mass is 262 g/mol. The average Bonchev–Trinajstić information content (AvgIpc) is 2.25. The van der Waals surface area contributed by atoms with Gasteiger partial charge in [-0.15, -0.1) is 0 Å². The fourth-order valence-corrected chi connectivity index (χ4v) is 3.52. The van der Waals surface area contributed by atoms with Crippen LogP contribution in [0.25, 0.3) is 0 Å². The molecule has 90 valence electrons. The van der Waals surface area contributed by atoms with Crippen molar-refractivity contribution < 1.29 is 12.8 Å². The van der Waals surface area contributed by atoms with E-state index in [0.717, 1.165) is 11.5 Å². The van der Waals surface area contributed by atoms with Crippen molar-refractivity contribution >= 4 is 21.6 Å². The van der Waals surface area contributed by atoms with Crippen LogP contribution in [0.15, 0.2) is 29.2 Å². The molecule has 0 N–H and O–H groups in total. The van der Waals surface area contributed by atoms with E-state index >= 15 is 0 Å². The topological polar surface area (TPSA) is 34.1 Å². The van der Waals surface area contributed by atoms with Crippen LogP contribution in [0.2, 0.25) is 0 Å². The first-order chi connectivity index (χ1) is 7.58. The third-order valence-corrected chi connectivity index (χ3v) is 4.89. The Morgan fingerprint density at radius 1 is 1.31 bits per heavy atom. The molecule has 1 aromatic carbocycles. The summed E-state index contributed by atoms with van der Waals surface area (Å²) in [7, 11) is -3.46. The molecular formula is C11H15FO2S2. The van der Waals surface area contributed by atoms with E-state index in [9.17, 15) is 12.8 Å². The number of hydrogen-bond acceptors (Lipinski definition) is 3. The molecule has 5 heteroatoms. The molecule has 0 aliphatic rings. The van der Waals surface area contributed by atoms with Crippen molar-refractivity contribution in [1.29, 1.82) is 0 Å². The number of benzene rings is 1. The van der Waals surface area contributed by atoms with Crippen molar-refractivity contribution in [3.63, 3.8) is 0 Å². The second-order valence-corrected chi connectivity index (χ2v) is 6.77. The maximum atomic E-state index is 13.3. The Labute approximate surface area is 100 Å². The van der Waals surface area contributed by atoms with E-state index in [0.29, 0.717) is 6.42 Å². The van der Waals surface area contributed by atoms with Crippen molar-refractivity contribution in [2.75, 3.05) is 17.3 Å². The summed E-state index contributed by atoms with van der Waals surface area (Å²) in [5.41, 5.74) is 0. The second-order valence-electron chi connectivity index (χ2n) is 3.30. The Hall–Kier alpha value is -0.550. The third kappa shape index (κ3) is 3.79. The minimum atomic E-state index is -3.46. The van der Waals surface area contributed by atoms with Gasteiger partial charge in [0.25, 0.3) is 0 Å². The van der Waals surface area contributed by atoms with Crippen molar-refractivity contribution in [3.05, 3.63) is 30.1 Å². The van der Waals surface area contributed by atoms with Crippen molar-refractivity contribution in [1.82, 2.24) is 0 Å². The van der Waals surface area contributed by atoms with Crippen molar-refractivity contribution in [3.8, 4) is 0 Å². The van der Waals surface area contributed by atoms with Gasteiger partial charge in [0.05, 0.1) is 5.75 Å². The van der Waals surface area contributed by atoms with E-state index in [4.69, 9.17) is 0 Å². The molecule has 0 radical (unpaired) electrons. The summed E-state index contributed by atoms with van der Waals surface area (Å²) in [5.74, 6) is 1.12. The first-order valence-corrected chi connectivity index (χ1v) is 7.93. The third-order valence-electron chi connectivity index (χ3n) is 2.08. The lowest BCUT2D eigenvalue weighted by Gasteiger charge is -2.04. The summed E-state index contributed by atoms with van der Waals surface area (Å²) in [6, 6.07) is 5.52. The van der Waals surface area contributed by atoms with Crippen LogP contribution in [-0.4, -0.2) is 25.7 Å². The molecule has 0 fully saturated rings. The van der Waals surface area contributed by atoms with Gasteiger partial charge in [-0.1, -0.05) is 19.1 Å². The van der Waals surface area contributed by atoms with Gasteiger partial charge in [-0.25, -0.2) is 12.8 Å². The van der Waals surface area contributed by atoms with Crippen LogP contribution in [-0.2, 0) is 9.84 Å². The van der Waals surface area contributed by atoms with Crippen LogP contribution in [0, 0.1) is 5.82 Å². The molecule has 0 amide bonds. The molecular weight excluding hydrogens is 247 g/mol. The smallest absolute Gasteiger partial charge is 0.181 e. The zero-order valence-corrected chi connectivity index (χ0v) is 10.8. The minimum absolute atomic E-state index is 0.0148.